The summed E-state index contributed by atoms with van der Waals surface area (Å²) in [6.07, 6.45) is 3.63. The van der Waals surface area contributed by atoms with E-state index in [1.54, 1.807) is 24.4 Å². The van der Waals surface area contributed by atoms with E-state index in [2.05, 4.69) is 26.6 Å². The van der Waals surface area contributed by atoms with E-state index in [0.717, 1.165) is 0 Å². The van der Waals surface area contributed by atoms with Crippen molar-refractivity contribution in [2.24, 2.45) is 5.73 Å². The number of carbonyl (C=O) groups is 5. The number of rotatable bonds is 13. The SMILES string of the molecule is N/C(=C\NCCNCCCC(=O)Nc1cccc2c1CN(C1CCC(=O)NC1=O)C2=O)CNC=O. The van der Waals surface area contributed by atoms with Gasteiger partial charge in [0.25, 0.3) is 5.91 Å². The Kier molecular flexibility index (Phi) is 9.18. The van der Waals surface area contributed by atoms with Crippen LogP contribution in [0.25, 0.3) is 0 Å². The van der Waals surface area contributed by atoms with Crippen LogP contribution in [-0.2, 0) is 25.7 Å². The topological polar surface area (TPSA) is 175 Å². The summed E-state index contributed by atoms with van der Waals surface area (Å²) in [6.45, 7) is 2.46. The number of nitrogens with zero attached hydrogens (tertiary/aromatic N) is 1. The molecule has 2 aliphatic rings. The van der Waals surface area contributed by atoms with Gasteiger partial charge in [0.05, 0.1) is 6.54 Å². The van der Waals surface area contributed by atoms with Crippen LogP contribution >= 0.6 is 0 Å². The van der Waals surface area contributed by atoms with Crippen molar-refractivity contribution in [3.63, 3.8) is 0 Å². The number of nitrogens with two attached hydrogens (primary N) is 1. The Bertz CT molecular complexity index is 1010. The van der Waals surface area contributed by atoms with Crippen molar-refractivity contribution in [3.8, 4) is 0 Å². The van der Waals surface area contributed by atoms with Gasteiger partial charge < -0.3 is 31.9 Å². The van der Waals surface area contributed by atoms with Gasteiger partial charge in [0, 0.05) is 61.2 Å². The van der Waals surface area contributed by atoms with Crippen LogP contribution in [0.5, 0.6) is 0 Å². The van der Waals surface area contributed by atoms with E-state index in [1.165, 1.54) is 4.90 Å². The van der Waals surface area contributed by atoms with Gasteiger partial charge in [-0.05, 0) is 31.5 Å². The van der Waals surface area contributed by atoms with Gasteiger partial charge in [-0.25, -0.2) is 0 Å². The van der Waals surface area contributed by atoms with Gasteiger partial charge in [-0.2, -0.15) is 0 Å². The zero-order valence-corrected chi connectivity index (χ0v) is 19.4. The fourth-order valence-corrected chi connectivity index (χ4v) is 3.99. The first-order valence-corrected chi connectivity index (χ1v) is 11.5. The summed E-state index contributed by atoms with van der Waals surface area (Å²) >= 11 is 0. The minimum absolute atomic E-state index is 0.163. The second kappa shape index (κ2) is 12.5. The second-order valence-corrected chi connectivity index (χ2v) is 8.31. The summed E-state index contributed by atoms with van der Waals surface area (Å²) in [5, 5.41) is 13.9. The summed E-state index contributed by atoms with van der Waals surface area (Å²) in [6, 6.07) is 4.42. The lowest BCUT2D eigenvalue weighted by Gasteiger charge is -2.29. The average Bonchev–Trinajstić information content (AvgIpc) is 3.16. The number of piperidine rings is 1. The number of carbonyl (C=O) groups excluding carboxylic acids is 5. The summed E-state index contributed by atoms with van der Waals surface area (Å²) < 4.78 is 0. The molecular weight excluding hydrogens is 454 g/mol. The van der Waals surface area contributed by atoms with Crippen LogP contribution in [0.1, 0.15) is 41.6 Å². The van der Waals surface area contributed by atoms with Crippen LogP contribution < -0.4 is 32.3 Å². The Balaban J connectivity index is 1.41. The third-order valence-electron chi connectivity index (χ3n) is 5.74. The number of imide groups is 1. The number of hydrogen-bond acceptors (Lipinski definition) is 8. The fourth-order valence-electron chi connectivity index (χ4n) is 3.99. The summed E-state index contributed by atoms with van der Waals surface area (Å²) in [5.41, 5.74) is 7.88. The minimum Gasteiger partial charge on any atom is -0.399 e. The van der Waals surface area contributed by atoms with Gasteiger partial charge in [0.1, 0.15) is 6.04 Å². The molecule has 0 aromatic heterocycles. The molecule has 12 nitrogen and oxygen atoms in total. The number of anilines is 1. The van der Waals surface area contributed by atoms with Crippen molar-refractivity contribution in [3.05, 3.63) is 41.2 Å². The quantitative estimate of drug-likeness (QED) is 0.116. The smallest absolute Gasteiger partial charge is 0.255 e. The zero-order chi connectivity index (χ0) is 25.2. The lowest BCUT2D eigenvalue weighted by Crippen LogP contribution is -2.52. The highest BCUT2D eigenvalue weighted by molar-refractivity contribution is 6.06. The van der Waals surface area contributed by atoms with Gasteiger partial charge in [0.2, 0.25) is 24.1 Å². The van der Waals surface area contributed by atoms with Gasteiger partial charge in [-0.1, -0.05) is 6.07 Å². The van der Waals surface area contributed by atoms with Gasteiger partial charge >= 0.3 is 0 Å². The highest BCUT2D eigenvalue weighted by Gasteiger charge is 2.39. The number of benzene rings is 1. The first-order chi connectivity index (χ1) is 16.9. The largest absolute Gasteiger partial charge is 0.399 e. The molecule has 0 saturated carbocycles. The molecule has 1 aromatic rings. The molecule has 7 N–H and O–H groups in total. The van der Waals surface area contributed by atoms with E-state index in [-0.39, 0.29) is 43.7 Å². The third kappa shape index (κ3) is 7.03. The molecule has 5 amide bonds. The number of nitrogens with one attached hydrogen (secondary N) is 5. The molecule has 1 atom stereocenters. The average molecular weight is 486 g/mol. The number of amides is 5. The molecule has 1 aromatic carbocycles. The van der Waals surface area contributed by atoms with E-state index < -0.39 is 11.9 Å². The molecule has 1 fully saturated rings. The molecule has 0 radical (unpaired) electrons. The maximum Gasteiger partial charge on any atom is 0.255 e. The predicted octanol–water partition coefficient (Wildman–Crippen LogP) is -1.11. The van der Waals surface area contributed by atoms with Gasteiger partial charge in [0.15, 0.2) is 0 Å². The lowest BCUT2D eigenvalue weighted by molar-refractivity contribution is -0.137. The summed E-state index contributed by atoms with van der Waals surface area (Å²) in [7, 11) is 0. The number of fused-ring (bicyclic) bond motifs is 1. The molecule has 3 rings (SSSR count). The van der Waals surface area contributed by atoms with Crippen molar-refractivity contribution in [2.45, 2.75) is 38.3 Å². The van der Waals surface area contributed by atoms with E-state index in [4.69, 9.17) is 5.73 Å². The Morgan fingerprint density at radius 1 is 1.17 bits per heavy atom. The Morgan fingerprint density at radius 3 is 2.77 bits per heavy atom. The van der Waals surface area contributed by atoms with Crippen molar-refractivity contribution in [2.75, 3.05) is 31.5 Å². The molecule has 2 heterocycles. The van der Waals surface area contributed by atoms with Crippen LogP contribution in [0, 0.1) is 0 Å². The Morgan fingerprint density at radius 2 is 2.00 bits per heavy atom. The minimum atomic E-state index is -0.698. The third-order valence-corrected chi connectivity index (χ3v) is 5.74. The molecule has 0 spiro atoms. The van der Waals surface area contributed by atoms with Crippen molar-refractivity contribution >= 4 is 35.7 Å². The molecule has 1 unspecified atom stereocenters. The van der Waals surface area contributed by atoms with Crippen LogP contribution in [0.3, 0.4) is 0 Å². The molecule has 2 aliphatic heterocycles. The summed E-state index contributed by atoms with van der Waals surface area (Å²) in [5.74, 6) is -1.24. The van der Waals surface area contributed by atoms with E-state index in [9.17, 15) is 24.0 Å². The molecule has 35 heavy (non-hydrogen) atoms. The Hall–Kier alpha value is -3.93. The maximum atomic E-state index is 12.9. The zero-order valence-electron chi connectivity index (χ0n) is 19.4. The summed E-state index contributed by atoms with van der Waals surface area (Å²) in [4.78, 5) is 60.6. The van der Waals surface area contributed by atoms with Crippen LogP contribution in [0.2, 0.25) is 0 Å². The van der Waals surface area contributed by atoms with Gasteiger partial charge in [-0.15, -0.1) is 0 Å². The molecular formula is C23H31N7O5. The molecule has 12 heteroatoms. The monoisotopic (exact) mass is 485 g/mol. The highest BCUT2D eigenvalue weighted by Crippen LogP contribution is 2.32. The predicted molar refractivity (Wildman–Crippen MR) is 128 cm³/mol. The van der Waals surface area contributed by atoms with Crippen molar-refractivity contribution in [1.29, 1.82) is 0 Å². The van der Waals surface area contributed by atoms with Crippen molar-refractivity contribution < 1.29 is 24.0 Å². The van der Waals surface area contributed by atoms with E-state index >= 15 is 0 Å². The highest BCUT2D eigenvalue weighted by atomic mass is 16.2. The molecule has 1 saturated heterocycles. The van der Waals surface area contributed by atoms with Crippen LogP contribution in [-0.4, -0.2) is 67.2 Å². The van der Waals surface area contributed by atoms with E-state index in [0.29, 0.717) is 61.4 Å². The van der Waals surface area contributed by atoms with E-state index in [1.807, 2.05) is 0 Å². The molecule has 188 valence electrons. The van der Waals surface area contributed by atoms with Gasteiger partial charge in [-0.3, -0.25) is 29.3 Å². The first-order valence-electron chi connectivity index (χ1n) is 11.5. The molecule has 0 bridgehead atoms. The second-order valence-electron chi connectivity index (χ2n) is 8.31. The molecule has 0 aliphatic carbocycles. The van der Waals surface area contributed by atoms with Crippen molar-refractivity contribution in [1.82, 2.24) is 26.2 Å². The fraction of sp³-hybridized carbons (Fsp3) is 0.435. The standard InChI is InChI=1S/C23H31N7O5/c24-15(12-27-14-31)11-26-10-9-25-8-2-5-20(32)28-18-4-1-3-16-17(18)13-30(23(16)35)19-6-7-21(33)29-22(19)34/h1,3-4,11,14,19,25-26H,2,5-10,12-13,24H2,(H,27,31)(H,28,32)(H,29,33,34)/b15-11-. The maximum absolute atomic E-state index is 12.9. The number of hydrogen-bond donors (Lipinski definition) is 6. The normalized spacial score (nSPS) is 17.6. The van der Waals surface area contributed by atoms with Crippen LogP contribution in [0.15, 0.2) is 30.1 Å². The lowest BCUT2D eigenvalue weighted by atomic mass is 10.0. The first kappa shape index (κ1) is 25.7. The Labute approximate surface area is 203 Å². The van der Waals surface area contributed by atoms with Crippen LogP contribution in [0.4, 0.5) is 5.69 Å².